The number of anilines is 1. The molecule has 2 N–H and O–H groups in total. The van der Waals surface area contributed by atoms with Crippen LogP contribution in [0.4, 0.5) is 10.1 Å². The second kappa shape index (κ2) is 5.44. The van der Waals surface area contributed by atoms with Gasteiger partial charge in [-0.2, -0.15) is 0 Å². The summed E-state index contributed by atoms with van der Waals surface area (Å²) in [6.07, 6.45) is 0.119. The molecule has 2 heterocycles. The second-order valence-electron chi connectivity index (χ2n) is 5.62. The number of amides is 2. The van der Waals surface area contributed by atoms with Crippen LogP contribution in [0, 0.1) is 5.82 Å². The van der Waals surface area contributed by atoms with Crippen LogP contribution in [0.5, 0.6) is 0 Å². The van der Waals surface area contributed by atoms with E-state index in [-0.39, 0.29) is 24.3 Å². The number of carbonyl (C=O) groups is 2. The number of nitrogens with zero attached hydrogens (tertiary/aromatic N) is 1. The summed E-state index contributed by atoms with van der Waals surface area (Å²) in [6, 6.07) is 4.30. The first-order chi connectivity index (χ1) is 10.1. The first kappa shape index (κ1) is 14.0. The van der Waals surface area contributed by atoms with Gasteiger partial charge in [-0.15, -0.1) is 0 Å². The fourth-order valence-corrected chi connectivity index (χ4v) is 3.03. The molecule has 5 nitrogen and oxygen atoms in total. The number of halogens is 1. The third-order valence-corrected chi connectivity index (χ3v) is 4.14. The molecule has 0 saturated carbocycles. The summed E-state index contributed by atoms with van der Waals surface area (Å²) in [6.45, 7) is 4.12. The van der Waals surface area contributed by atoms with Gasteiger partial charge < -0.3 is 15.5 Å². The standard InChI is InChI=1S/C15H18FN3O2/c1-9-8-17-4-5-19(9)15(21)12-7-14(20)18-13-6-10(16)2-3-11(12)13/h2-3,6,9,12,17H,4-5,7-8H2,1H3,(H,18,20)/t9-,12?/m0/s1. The lowest BCUT2D eigenvalue weighted by Gasteiger charge is -2.37. The first-order valence-electron chi connectivity index (χ1n) is 7.17. The minimum Gasteiger partial charge on any atom is -0.337 e. The number of rotatable bonds is 1. The van der Waals surface area contributed by atoms with E-state index < -0.39 is 11.7 Å². The van der Waals surface area contributed by atoms with Gasteiger partial charge in [0.2, 0.25) is 11.8 Å². The molecule has 1 aromatic rings. The lowest BCUT2D eigenvalue weighted by molar-refractivity contribution is -0.137. The fraction of sp³-hybridized carbons (Fsp3) is 0.467. The minimum absolute atomic E-state index is 0.0493. The predicted octanol–water partition coefficient (Wildman–Crippen LogP) is 1.07. The van der Waals surface area contributed by atoms with Crippen LogP contribution in [-0.4, -0.2) is 42.4 Å². The van der Waals surface area contributed by atoms with Crippen LogP contribution in [-0.2, 0) is 9.59 Å². The molecule has 1 saturated heterocycles. The van der Waals surface area contributed by atoms with Crippen molar-refractivity contribution in [3.63, 3.8) is 0 Å². The highest BCUT2D eigenvalue weighted by atomic mass is 19.1. The summed E-state index contributed by atoms with van der Waals surface area (Å²) in [7, 11) is 0. The number of carbonyl (C=O) groups excluding carboxylic acids is 2. The highest BCUT2D eigenvalue weighted by molar-refractivity contribution is 6.01. The van der Waals surface area contributed by atoms with Gasteiger partial charge in [-0.1, -0.05) is 6.07 Å². The molecule has 0 aliphatic carbocycles. The molecule has 3 rings (SSSR count). The third-order valence-electron chi connectivity index (χ3n) is 4.14. The smallest absolute Gasteiger partial charge is 0.231 e. The number of hydrogen-bond acceptors (Lipinski definition) is 3. The molecule has 1 unspecified atom stereocenters. The Hall–Kier alpha value is -1.95. The fourth-order valence-electron chi connectivity index (χ4n) is 3.03. The van der Waals surface area contributed by atoms with Crippen LogP contribution < -0.4 is 10.6 Å². The largest absolute Gasteiger partial charge is 0.337 e. The Kier molecular flexibility index (Phi) is 3.63. The van der Waals surface area contributed by atoms with E-state index in [4.69, 9.17) is 0 Å². The van der Waals surface area contributed by atoms with Gasteiger partial charge in [-0.3, -0.25) is 9.59 Å². The zero-order valence-corrected chi connectivity index (χ0v) is 11.9. The van der Waals surface area contributed by atoms with Crippen molar-refractivity contribution in [2.75, 3.05) is 25.0 Å². The Labute approximate surface area is 122 Å². The summed E-state index contributed by atoms with van der Waals surface area (Å²) >= 11 is 0. The Morgan fingerprint density at radius 1 is 1.43 bits per heavy atom. The maximum atomic E-state index is 13.3. The van der Waals surface area contributed by atoms with E-state index in [0.29, 0.717) is 17.8 Å². The number of nitrogens with one attached hydrogen (secondary N) is 2. The molecule has 0 aromatic heterocycles. The van der Waals surface area contributed by atoms with E-state index in [0.717, 1.165) is 13.1 Å². The molecular formula is C15H18FN3O2. The summed E-state index contributed by atoms with van der Waals surface area (Å²) < 4.78 is 13.3. The molecule has 21 heavy (non-hydrogen) atoms. The zero-order valence-electron chi connectivity index (χ0n) is 11.9. The molecule has 0 bridgehead atoms. The van der Waals surface area contributed by atoms with Crippen LogP contribution in [0.15, 0.2) is 18.2 Å². The van der Waals surface area contributed by atoms with Gasteiger partial charge in [-0.05, 0) is 24.6 Å². The van der Waals surface area contributed by atoms with Gasteiger partial charge in [0.15, 0.2) is 0 Å². The van der Waals surface area contributed by atoms with Crippen molar-refractivity contribution in [2.45, 2.75) is 25.3 Å². The number of piperazine rings is 1. The van der Waals surface area contributed by atoms with Gasteiger partial charge in [0.1, 0.15) is 5.82 Å². The SMILES string of the molecule is C[C@H]1CNCCN1C(=O)C1CC(=O)Nc2cc(F)ccc21. The van der Waals surface area contributed by atoms with E-state index in [9.17, 15) is 14.0 Å². The highest BCUT2D eigenvalue weighted by Gasteiger charge is 2.35. The molecular weight excluding hydrogens is 273 g/mol. The van der Waals surface area contributed by atoms with Gasteiger partial charge in [0.05, 0.1) is 5.92 Å². The third kappa shape index (κ3) is 2.63. The van der Waals surface area contributed by atoms with E-state index in [1.807, 2.05) is 11.8 Å². The van der Waals surface area contributed by atoms with Crippen molar-refractivity contribution in [2.24, 2.45) is 0 Å². The predicted molar refractivity (Wildman–Crippen MR) is 76.4 cm³/mol. The molecule has 2 atom stereocenters. The number of fused-ring (bicyclic) bond motifs is 1. The molecule has 0 spiro atoms. The van der Waals surface area contributed by atoms with Crippen LogP contribution in [0.25, 0.3) is 0 Å². The average Bonchev–Trinajstić information content (AvgIpc) is 2.45. The monoisotopic (exact) mass is 291 g/mol. The van der Waals surface area contributed by atoms with E-state index in [1.165, 1.54) is 12.1 Å². The van der Waals surface area contributed by atoms with Gasteiger partial charge in [-0.25, -0.2) is 4.39 Å². The Morgan fingerprint density at radius 3 is 3.00 bits per heavy atom. The van der Waals surface area contributed by atoms with Crippen LogP contribution >= 0.6 is 0 Å². The van der Waals surface area contributed by atoms with Crippen molar-refractivity contribution < 1.29 is 14.0 Å². The minimum atomic E-state index is -0.519. The number of hydrogen-bond donors (Lipinski definition) is 2. The van der Waals surface area contributed by atoms with Crippen molar-refractivity contribution in [3.8, 4) is 0 Å². The topological polar surface area (TPSA) is 61.4 Å². The molecule has 1 aromatic carbocycles. The van der Waals surface area contributed by atoms with Crippen molar-refractivity contribution in [1.82, 2.24) is 10.2 Å². The summed E-state index contributed by atoms with van der Waals surface area (Å²) in [5.74, 6) is -1.23. The van der Waals surface area contributed by atoms with Gasteiger partial charge in [0, 0.05) is 37.8 Å². The van der Waals surface area contributed by atoms with Gasteiger partial charge in [0.25, 0.3) is 0 Å². The second-order valence-corrected chi connectivity index (χ2v) is 5.62. The highest BCUT2D eigenvalue weighted by Crippen LogP contribution is 2.34. The average molecular weight is 291 g/mol. The van der Waals surface area contributed by atoms with E-state index >= 15 is 0 Å². The maximum Gasteiger partial charge on any atom is 0.231 e. The van der Waals surface area contributed by atoms with Gasteiger partial charge >= 0.3 is 0 Å². The normalized spacial score (nSPS) is 25.2. The van der Waals surface area contributed by atoms with Crippen LogP contribution in [0.2, 0.25) is 0 Å². The molecule has 2 aliphatic rings. The molecule has 1 fully saturated rings. The number of benzene rings is 1. The summed E-state index contributed by atoms with van der Waals surface area (Å²) in [4.78, 5) is 26.4. The molecule has 112 valence electrons. The Balaban J connectivity index is 1.91. The van der Waals surface area contributed by atoms with E-state index in [2.05, 4.69) is 10.6 Å². The lowest BCUT2D eigenvalue weighted by atomic mass is 9.88. The summed E-state index contributed by atoms with van der Waals surface area (Å²) in [5.41, 5.74) is 1.11. The van der Waals surface area contributed by atoms with Crippen LogP contribution in [0.1, 0.15) is 24.8 Å². The zero-order chi connectivity index (χ0) is 15.0. The van der Waals surface area contributed by atoms with Crippen molar-refractivity contribution >= 4 is 17.5 Å². The lowest BCUT2D eigenvalue weighted by Crippen LogP contribution is -2.54. The maximum absolute atomic E-state index is 13.3. The van der Waals surface area contributed by atoms with Crippen molar-refractivity contribution in [1.29, 1.82) is 0 Å². The van der Waals surface area contributed by atoms with E-state index in [1.54, 1.807) is 6.07 Å². The molecule has 2 amide bonds. The molecule has 0 radical (unpaired) electrons. The first-order valence-corrected chi connectivity index (χ1v) is 7.17. The molecule has 6 heteroatoms. The Morgan fingerprint density at radius 2 is 2.24 bits per heavy atom. The summed E-state index contributed by atoms with van der Waals surface area (Å²) in [5, 5.41) is 5.87. The van der Waals surface area contributed by atoms with Crippen molar-refractivity contribution in [3.05, 3.63) is 29.6 Å². The van der Waals surface area contributed by atoms with Crippen LogP contribution in [0.3, 0.4) is 0 Å². The quantitative estimate of drug-likeness (QED) is 0.813. The Bertz CT molecular complexity index is 590. The molecule has 2 aliphatic heterocycles.